The van der Waals surface area contributed by atoms with Crippen molar-refractivity contribution in [3.05, 3.63) is 12.1 Å². The third kappa shape index (κ3) is 4.69. The van der Waals surface area contributed by atoms with E-state index in [1.165, 1.54) is 0 Å². The molecule has 0 atom stereocenters. The first-order chi connectivity index (χ1) is 8.08. The molecule has 5 heteroatoms. The number of nitrogens with zero attached hydrogens (tertiary/aromatic N) is 2. The Morgan fingerprint density at radius 1 is 1.00 bits per heavy atom. The molecule has 0 saturated heterocycles. The van der Waals surface area contributed by atoms with Crippen LogP contribution in [0, 0.1) is 5.41 Å². The molecule has 0 fully saturated rings. The van der Waals surface area contributed by atoms with Gasteiger partial charge in [0.15, 0.2) is 5.82 Å². The smallest absolute Gasteiger partial charge is 0.230 e. The summed E-state index contributed by atoms with van der Waals surface area (Å²) in [5.41, 5.74) is -0.505. The molecule has 1 aromatic heterocycles. The number of nitrogens with one attached hydrogen (secondary N) is 2. The van der Waals surface area contributed by atoms with Gasteiger partial charge in [-0.25, -0.2) is 0 Å². The van der Waals surface area contributed by atoms with E-state index in [1.54, 1.807) is 12.1 Å². The summed E-state index contributed by atoms with van der Waals surface area (Å²) in [6.45, 7) is 11.7. The molecule has 100 valence electrons. The van der Waals surface area contributed by atoms with Crippen molar-refractivity contribution < 1.29 is 4.79 Å². The average molecular weight is 250 g/mol. The lowest BCUT2D eigenvalue weighted by atomic mass is 9.96. The van der Waals surface area contributed by atoms with Crippen molar-refractivity contribution in [2.45, 2.75) is 47.1 Å². The molecule has 0 aliphatic rings. The molecule has 1 amide bonds. The molecule has 1 rings (SSSR count). The summed E-state index contributed by atoms with van der Waals surface area (Å²) >= 11 is 0. The largest absolute Gasteiger partial charge is 0.364 e. The maximum atomic E-state index is 11.8. The van der Waals surface area contributed by atoms with Gasteiger partial charge in [-0.3, -0.25) is 4.79 Å². The number of carbonyl (C=O) groups excluding carboxylic acids is 1. The molecule has 0 spiro atoms. The van der Waals surface area contributed by atoms with Crippen molar-refractivity contribution in [1.29, 1.82) is 0 Å². The third-order valence-electron chi connectivity index (χ3n) is 2.09. The number of hydrogen-bond acceptors (Lipinski definition) is 4. The summed E-state index contributed by atoms with van der Waals surface area (Å²) in [4.78, 5) is 11.8. The van der Waals surface area contributed by atoms with Crippen molar-refractivity contribution in [2.24, 2.45) is 5.41 Å². The van der Waals surface area contributed by atoms with Gasteiger partial charge in [0.05, 0.1) is 0 Å². The Bertz CT molecular complexity index is 412. The normalized spacial score (nSPS) is 12.1. The van der Waals surface area contributed by atoms with Gasteiger partial charge >= 0.3 is 0 Å². The Kier molecular flexibility index (Phi) is 3.94. The Morgan fingerprint density at radius 3 is 1.89 bits per heavy atom. The molecule has 0 bridgehead atoms. The van der Waals surface area contributed by atoms with Gasteiger partial charge in [0.2, 0.25) is 5.91 Å². The van der Waals surface area contributed by atoms with Crippen LogP contribution in [0.15, 0.2) is 12.1 Å². The molecule has 0 saturated carbocycles. The van der Waals surface area contributed by atoms with Gasteiger partial charge in [-0.1, -0.05) is 20.8 Å². The first kappa shape index (κ1) is 14.4. The molecule has 0 aliphatic carbocycles. The van der Waals surface area contributed by atoms with Crippen LogP contribution in [0.5, 0.6) is 0 Å². The van der Waals surface area contributed by atoms with Gasteiger partial charge in [0.1, 0.15) is 5.82 Å². The Morgan fingerprint density at radius 2 is 1.50 bits per heavy atom. The predicted molar refractivity (Wildman–Crippen MR) is 73.5 cm³/mol. The highest BCUT2D eigenvalue weighted by Gasteiger charge is 2.21. The van der Waals surface area contributed by atoms with Crippen molar-refractivity contribution in [3.8, 4) is 0 Å². The van der Waals surface area contributed by atoms with Crippen LogP contribution >= 0.6 is 0 Å². The van der Waals surface area contributed by atoms with Crippen molar-refractivity contribution in [1.82, 2.24) is 10.2 Å². The van der Waals surface area contributed by atoms with E-state index < -0.39 is 5.41 Å². The number of hydrogen-bond donors (Lipinski definition) is 2. The second-order valence-electron chi connectivity index (χ2n) is 6.38. The topological polar surface area (TPSA) is 66.9 Å². The Hall–Kier alpha value is -1.65. The maximum absolute atomic E-state index is 11.8. The molecule has 18 heavy (non-hydrogen) atoms. The van der Waals surface area contributed by atoms with E-state index in [4.69, 9.17) is 0 Å². The highest BCUT2D eigenvalue weighted by Crippen LogP contribution is 2.17. The van der Waals surface area contributed by atoms with Crippen LogP contribution in [0.4, 0.5) is 11.6 Å². The first-order valence-electron chi connectivity index (χ1n) is 6.01. The second kappa shape index (κ2) is 4.92. The van der Waals surface area contributed by atoms with Gasteiger partial charge in [0.25, 0.3) is 0 Å². The molecule has 2 N–H and O–H groups in total. The van der Waals surface area contributed by atoms with E-state index in [2.05, 4.69) is 20.8 Å². The van der Waals surface area contributed by atoms with E-state index >= 15 is 0 Å². The second-order valence-corrected chi connectivity index (χ2v) is 6.38. The lowest BCUT2D eigenvalue weighted by molar-refractivity contribution is -0.123. The Labute approximate surface area is 108 Å². The minimum absolute atomic E-state index is 0.0646. The molecule has 5 nitrogen and oxygen atoms in total. The van der Waals surface area contributed by atoms with Crippen LogP contribution < -0.4 is 10.6 Å². The molecule has 1 heterocycles. The number of carbonyl (C=O) groups is 1. The summed E-state index contributed by atoms with van der Waals surface area (Å²) in [6, 6.07) is 3.54. The van der Waals surface area contributed by atoms with E-state index in [-0.39, 0.29) is 11.4 Å². The Balaban J connectivity index is 2.70. The summed E-state index contributed by atoms with van der Waals surface area (Å²) < 4.78 is 0. The summed E-state index contributed by atoms with van der Waals surface area (Å²) in [7, 11) is 0. The summed E-state index contributed by atoms with van der Waals surface area (Å²) in [6.07, 6.45) is 0. The van der Waals surface area contributed by atoms with Crippen LogP contribution in [-0.2, 0) is 4.79 Å². The fourth-order valence-electron chi connectivity index (χ4n) is 1.15. The van der Waals surface area contributed by atoms with E-state index in [1.807, 2.05) is 41.5 Å². The fraction of sp³-hybridized carbons (Fsp3) is 0.615. The third-order valence-corrected chi connectivity index (χ3v) is 2.09. The van der Waals surface area contributed by atoms with Gasteiger partial charge in [-0.15, -0.1) is 10.2 Å². The van der Waals surface area contributed by atoms with Gasteiger partial charge in [-0.05, 0) is 32.9 Å². The number of anilines is 2. The van der Waals surface area contributed by atoms with Crippen molar-refractivity contribution >= 4 is 17.5 Å². The molecular formula is C13H22N4O. The zero-order valence-electron chi connectivity index (χ0n) is 12.0. The van der Waals surface area contributed by atoms with Gasteiger partial charge in [0, 0.05) is 11.0 Å². The number of amides is 1. The van der Waals surface area contributed by atoms with Crippen LogP contribution in [0.1, 0.15) is 41.5 Å². The van der Waals surface area contributed by atoms with E-state index in [9.17, 15) is 4.79 Å². The summed E-state index contributed by atoms with van der Waals surface area (Å²) in [5, 5.41) is 13.9. The fourth-order valence-corrected chi connectivity index (χ4v) is 1.15. The van der Waals surface area contributed by atoms with Crippen molar-refractivity contribution in [3.63, 3.8) is 0 Å². The van der Waals surface area contributed by atoms with Crippen LogP contribution in [0.3, 0.4) is 0 Å². The highest BCUT2D eigenvalue weighted by molar-refractivity contribution is 5.93. The monoisotopic (exact) mass is 250 g/mol. The standard InChI is InChI=1S/C13H22N4O/c1-12(2,3)11(18)14-9-7-8-10(17-16-9)15-13(4,5)6/h7-8H,1-6H3,(H,15,17)(H,14,16,18). The SMILES string of the molecule is CC(C)(C)Nc1ccc(NC(=O)C(C)(C)C)nn1. The lowest BCUT2D eigenvalue weighted by Crippen LogP contribution is -2.29. The molecule has 1 aromatic rings. The highest BCUT2D eigenvalue weighted by atomic mass is 16.2. The van der Waals surface area contributed by atoms with Crippen LogP contribution in [0.25, 0.3) is 0 Å². The first-order valence-corrected chi connectivity index (χ1v) is 6.01. The zero-order chi connectivity index (χ0) is 14.0. The molecular weight excluding hydrogens is 228 g/mol. The molecule has 0 aromatic carbocycles. The molecule has 0 radical (unpaired) electrons. The van der Waals surface area contributed by atoms with E-state index in [0.717, 1.165) is 0 Å². The number of rotatable bonds is 2. The van der Waals surface area contributed by atoms with Crippen LogP contribution in [-0.4, -0.2) is 21.6 Å². The van der Waals surface area contributed by atoms with Crippen molar-refractivity contribution in [2.75, 3.05) is 10.6 Å². The van der Waals surface area contributed by atoms with Crippen LogP contribution in [0.2, 0.25) is 0 Å². The predicted octanol–water partition coefficient (Wildman–Crippen LogP) is 2.67. The van der Waals surface area contributed by atoms with Gasteiger partial charge < -0.3 is 10.6 Å². The van der Waals surface area contributed by atoms with Gasteiger partial charge in [-0.2, -0.15) is 0 Å². The zero-order valence-corrected chi connectivity index (χ0v) is 12.0. The molecule has 0 aliphatic heterocycles. The average Bonchev–Trinajstić information content (AvgIpc) is 2.17. The quantitative estimate of drug-likeness (QED) is 0.846. The van der Waals surface area contributed by atoms with E-state index in [0.29, 0.717) is 11.6 Å². The minimum atomic E-state index is -0.440. The maximum Gasteiger partial charge on any atom is 0.230 e. The molecule has 0 unspecified atom stereocenters. The summed E-state index contributed by atoms with van der Waals surface area (Å²) in [5.74, 6) is 1.08. The lowest BCUT2D eigenvalue weighted by Gasteiger charge is -2.21. The number of aromatic nitrogens is 2. The minimum Gasteiger partial charge on any atom is -0.364 e.